The molecule has 2 N–H and O–H groups in total. The van der Waals surface area contributed by atoms with Crippen LogP contribution in [0.4, 0.5) is 11.6 Å². The van der Waals surface area contributed by atoms with E-state index in [4.69, 9.17) is 0 Å². The largest absolute Gasteiger partial charge is 0.373 e. The summed E-state index contributed by atoms with van der Waals surface area (Å²) in [7, 11) is 1.89. The number of nitrogens with zero attached hydrogens (tertiary/aromatic N) is 2. The van der Waals surface area contributed by atoms with Crippen molar-refractivity contribution in [3.05, 3.63) is 34.3 Å². The molecule has 1 saturated carbocycles. The molecule has 0 saturated heterocycles. The van der Waals surface area contributed by atoms with Gasteiger partial charge in [0.2, 0.25) is 0 Å². The lowest BCUT2D eigenvalue weighted by atomic mass is 10.3. The monoisotopic (exact) mass is 260 g/mol. The van der Waals surface area contributed by atoms with E-state index in [1.807, 2.05) is 13.1 Å². The van der Waals surface area contributed by atoms with Crippen molar-refractivity contribution in [3.63, 3.8) is 0 Å². The number of hydrogen-bond acceptors (Lipinski definition) is 5. The second kappa shape index (κ2) is 4.94. The maximum absolute atomic E-state index is 4.59. The third kappa shape index (κ3) is 2.61. The van der Waals surface area contributed by atoms with Gasteiger partial charge in [-0.1, -0.05) is 6.07 Å². The van der Waals surface area contributed by atoms with E-state index in [-0.39, 0.29) is 0 Å². The van der Waals surface area contributed by atoms with E-state index in [9.17, 15) is 0 Å². The number of thiophene rings is 1. The van der Waals surface area contributed by atoms with Gasteiger partial charge in [-0.25, -0.2) is 9.97 Å². The molecule has 1 aliphatic rings. The molecule has 0 unspecified atom stereocenters. The molecule has 3 rings (SSSR count). The standard InChI is InChI=1S/C13H16N4S/c1-14-11-7-12(15-8-10-3-2-6-18-10)17-13(16-11)9-4-5-9/h2-3,6-7,9H,4-5,8H2,1H3,(H2,14,15,16,17). The topological polar surface area (TPSA) is 49.8 Å². The predicted octanol–water partition coefficient (Wildman–Crippen LogP) is 3.07. The van der Waals surface area contributed by atoms with E-state index in [1.54, 1.807) is 11.3 Å². The molecular formula is C13H16N4S. The lowest BCUT2D eigenvalue weighted by molar-refractivity contribution is 0.924. The number of aromatic nitrogens is 2. The maximum atomic E-state index is 4.59. The average Bonchev–Trinajstić information content (AvgIpc) is 3.13. The van der Waals surface area contributed by atoms with Gasteiger partial charge in [0, 0.05) is 23.9 Å². The minimum absolute atomic E-state index is 0.570. The summed E-state index contributed by atoms with van der Waals surface area (Å²) in [5.74, 6) is 3.33. The summed E-state index contributed by atoms with van der Waals surface area (Å²) >= 11 is 1.75. The van der Waals surface area contributed by atoms with E-state index in [2.05, 4.69) is 38.1 Å². The molecule has 2 aromatic rings. The summed E-state index contributed by atoms with van der Waals surface area (Å²) in [6, 6.07) is 6.15. The molecule has 1 fully saturated rings. The third-order valence-electron chi connectivity index (χ3n) is 2.97. The number of hydrogen-bond donors (Lipinski definition) is 2. The Bertz CT molecular complexity index is 520. The number of nitrogens with one attached hydrogen (secondary N) is 2. The molecule has 2 heterocycles. The van der Waals surface area contributed by atoms with Gasteiger partial charge in [0.05, 0.1) is 6.54 Å². The fourth-order valence-electron chi connectivity index (χ4n) is 1.80. The van der Waals surface area contributed by atoms with Gasteiger partial charge in [-0.15, -0.1) is 11.3 Å². The normalized spacial score (nSPS) is 14.5. The Morgan fingerprint density at radius 2 is 2.17 bits per heavy atom. The summed E-state index contributed by atoms with van der Waals surface area (Å²) in [4.78, 5) is 10.4. The number of rotatable bonds is 5. The highest BCUT2D eigenvalue weighted by Crippen LogP contribution is 2.38. The first-order valence-electron chi connectivity index (χ1n) is 6.18. The zero-order chi connectivity index (χ0) is 12.4. The molecule has 0 radical (unpaired) electrons. The van der Waals surface area contributed by atoms with Crippen LogP contribution < -0.4 is 10.6 Å². The lowest BCUT2D eigenvalue weighted by Gasteiger charge is -2.08. The van der Waals surface area contributed by atoms with Crippen molar-refractivity contribution in [3.8, 4) is 0 Å². The Hall–Kier alpha value is -1.62. The zero-order valence-electron chi connectivity index (χ0n) is 10.3. The maximum Gasteiger partial charge on any atom is 0.136 e. The molecule has 2 aromatic heterocycles. The Kier molecular flexibility index (Phi) is 3.15. The first-order chi connectivity index (χ1) is 8.85. The first-order valence-corrected chi connectivity index (χ1v) is 7.06. The Balaban J connectivity index is 1.75. The first kappa shape index (κ1) is 11.5. The van der Waals surface area contributed by atoms with Gasteiger partial charge in [-0.3, -0.25) is 0 Å². The Morgan fingerprint density at radius 1 is 1.33 bits per heavy atom. The van der Waals surface area contributed by atoms with Crippen LogP contribution in [0.1, 0.15) is 29.5 Å². The van der Waals surface area contributed by atoms with Crippen LogP contribution in [0.2, 0.25) is 0 Å². The minimum atomic E-state index is 0.570. The molecule has 18 heavy (non-hydrogen) atoms. The second-order valence-corrected chi connectivity index (χ2v) is 5.49. The van der Waals surface area contributed by atoms with Gasteiger partial charge in [-0.05, 0) is 24.3 Å². The molecule has 0 spiro atoms. The van der Waals surface area contributed by atoms with E-state index in [0.717, 1.165) is 24.0 Å². The number of anilines is 2. The smallest absolute Gasteiger partial charge is 0.136 e. The molecule has 0 bridgehead atoms. The van der Waals surface area contributed by atoms with Crippen LogP contribution in [0.5, 0.6) is 0 Å². The van der Waals surface area contributed by atoms with Gasteiger partial charge in [0.25, 0.3) is 0 Å². The second-order valence-electron chi connectivity index (χ2n) is 4.45. The fraction of sp³-hybridized carbons (Fsp3) is 0.385. The summed E-state index contributed by atoms with van der Waals surface area (Å²) in [5, 5.41) is 8.55. The van der Waals surface area contributed by atoms with E-state index in [1.165, 1.54) is 17.7 Å². The highest BCUT2D eigenvalue weighted by molar-refractivity contribution is 7.09. The Labute approximate surface area is 110 Å². The molecule has 5 heteroatoms. The molecular weight excluding hydrogens is 244 g/mol. The lowest BCUT2D eigenvalue weighted by Crippen LogP contribution is -2.05. The zero-order valence-corrected chi connectivity index (χ0v) is 11.1. The minimum Gasteiger partial charge on any atom is -0.373 e. The van der Waals surface area contributed by atoms with Crippen molar-refractivity contribution in [2.24, 2.45) is 0 Å². The van der Waals surface area contributed by atoms with Crippen LogP contribution in [0.25, 0.3) is 0 Å². The average molecular weight is 260 g/mol. The van der Waals surface area contributed by atoms with Crippen molar-refractivity contribution in [1.29, 1.82) is 0 Å². The highest BCUT2D eigenvalue weighted by atomic mass is 32.1. The van der Waals surface area contributed by atoms with Gasteiger partial charge in [-0.2, -0.15) is 0 Å². The van der Waals surface area contributed by atoms with E-state index >= 15 is 0 Å². The quantitative estimate of drug-likeness (QED) is 0.867. The summed E-state index contributed by atoms with van der Waals surface area (Å²) < 4.78 is 0. The van der Waals surface area contributed by atoms with Gasteiger partial charge < -0.3 is 10.6 Å². The molecule has 0 aliphatic heterocycles. The summed E-state index contributed by atoms with van der Waals surface area (Å²) in [6.45, 7) is 0.821. The summed E-state index contributed by atoms with van der Waals surface area (Å²) in [5.41, 5.74) is 0. The van der Waals surface area contributed by atoms with Gasteiger partial charge in [0.15, 0.2) is 0 Å². The highest BCUT2D eigenvalue weighted by Gasteiger charge is 2.27. The van der Waals surface area contributed by atoms with Crippen molar-refractivity contribution in [2.75, 3.05) is 17.7 Å². The third-order valence-corrected chi connectivity index (χ3v) is 3.84. The van der Waals surface area contributed by atoms with E-state index in [0.29, 0.717) is 5.92 Å². The molecule has 0 amide bonds. The van der Waals surface area contributed by atoms with Crippen LogP contribution in [-0.4, -0.2) is 17.0 Å². The van der Waals surface area contributed by atoms with Crippen molar-refractivity contribution >= 4 is 23.0 Å². The van der Waals surface area contributed by atoms with Crippen LogP contribution in [0, 0.1) is 0 Å². The van der Waals surface area contributed by atoms with Crippen molar-refractivity contribution in [2.45, 2.75) is 25.3 Å². The van der Waals surface area contributed by atoms with Crippen molar-refractivity contribution in [1.82, 2.24) is 9.97 Å². The molecule has 94 valence electrons. The van der Waals surface area contributed by atoms with Crippen LogP contribution in [0.3, 0.4) is 0 Å². The van der Waals surface area contributed by atoms with Crippen LogP contribution in [0.15, 0.2) is 23.6 Å². The molecule has 1 aliphatic carbocycles. The molecule has 0 atom stereocenters. The molecule has 0 aromatic carbocycles. The Morgan fingerprint density at radius 3 is 2.83 bits per heavy atom. The fourth-order valence-corrected chi connectivity index (χ4v) is 2.44. The SMILES string of the molecule is CNc1cc(NCc2cccs2)nc(C2CC2)n1. The van der Waals surface area contributed by atoms with Gasteiger partial charge in [0.1, 0.15) is 17.5 Å². The molecule has 4 nitrogen and oxygen atoms in total. The van der Waals surface area contributed by atoms with E-state index < -0.39 is 0 Å². The summed E-state index contributed by atoms with van der Waals surface area (Å²) in [6.07, 6.45) is 2.44. The van der Waals surface area contributed by atoms with Gasteiger partial charge >= 0.3 is 0 Å². The van der Waals surface area contributed by atoms with Crippen LogP contribution in [-0.2, 0) is 6.54 Å². The predicted molar refractivity (Wildman–Crippen MR) is 75.2 cm³/mol. The van der Waals surface area contributed by atoms with Crippen LogP contribution >= 0.6 is 11.3 Å². The van der Waals surface area contributed by atoms with Crippen molar-refractivity contribution < 1.29 is 0 Å².